The minimum Gasteiger partial charge on any atom is -0.445 e. The Kier molecular flexibility index (Phi) is 7.36. The predicted octanol–water partition coefficient (Wildman–Crippen LogP) is 3.05. The van der Waals surface area contributed by atoms with Gasteiger partial charge in [-0.3, -0.25) is 14.8 Å². The predicted molar refractivity (Wildman–Crippen MR) is 129 cm³/mol. The van der Waals surface area contributed by atoms with Gasteiger partial charge in [-0.25, -0.2) is 4.79 Å². The fourth-order valence-electron chi connectivity index (χ4n) is 3.23. The molecular formula is C24H23ClN6O3. The molecule has 174 valence electrons. The summed E-state index contributed by atoms with van der Waals surface area (Å²) in [7, 11) is 0. The van der Waals surface area contributed by atoms with Gasteiger partial charge in [0.1, 0.15) is 12.4 Å². The summed E-state index contributed by atoms with van der Waals surface area (Å²) in [5, 5.41) is 12.2. The van der Waals surface area contributed by atoms with Gasteiger partial charge in [-0.2, -0.15) is 5.10 Å². The summed E-state index contributed by atoms with van der Waals surface area (Å²) in [6.07, 6.45) is 2.75. The summed E-state index contributed by atoms with van der Waals surface area (Å²) in [6.45, 7) is 0.848. The van der Waals surface area contributed by atoms with E-state index in [0.717, 1.165) is 16.8 Å². The molecule has 1 aliphatic heterocycles. The van der Waals surface area contributed by atoms with Crippen LogP contribution in [0.5, 0.6) is 0 Å². The van der Waals surface area contributed by atoms with Crippen LogP contribution in [0.25, 0.3) is 0 Å². The number of hydrogen-bond acceptors (Lipinski definition) is 7. The molecule has 0 spiro atoms. The highest BCUT2D eigenvalue weighted by Crippen LogP contribution is 2.21. The number of pyridine rings is 1. The number of carbonyl (C=O) groups excluding carboxylic acids is 2. The number of nitrogens with one attached hydrogen (secondary N) is 2. The average molecular weight is 479 g/mol. The van der Waals surface area contributed by atoms with Crippen LogP contribution in [0.4, 0.5) is 10.5 Å². The smallest absolute Gasteiger partial charge is 0.407 e. The third-order valence-corrected chi connectivity index (χ3v) is 5.31. The maximum Gasteiger partial charge on any atom is 0.407 e. The van der Waals surface area contributed by atoms with Crippen molar-refractivity contribution < 1.29 is 14.3 Å². The molecule has 1 atom stereocenters. The average Bonchev–Trinajstić information content (AvgIpc) is 3.22. The summed E-state index contributed by atoms with van der Waals surface area (Å²) >= 11 is 5.93. The molecule has 1 aromatic heterocycles. The number of ether oxygens (including phenoxy) is 1. The molecule has 9 nitrogen and oxygen atoms in total. The third kappa shape index (κ3) is 6.09. The molecule has 0 radical (unpaired) electrons. The molecule has 2 aromatic carbocycles. The van der Waals surface area contributed by atoms with E-state index in [2.05, 4.69) is 20.7 Å². The number of anilines is 1. The van der Waals surface area contributed by atoms with Crippen molar-refractivity contribution in [1.82, 2.24) is 15.6 Å². The molecule has 0 bridgehead atoms. The van der Waals surface area contributed by atoms with Gasteiger partial charge in [0.15, 0.2) is 0 Å². The summed E-state index contributed by atoms with van der Waals surface area (Å²) in [6, 6.07) is 17.2. The zero-order valence-electron chi connectivity index (χ0n) is 18.1. The minimum atomic E-state index is -0.538. The van der Waals surface area contributed by atoms with E-state index in [0.29, 0.717) is 23.0 Å². The number of amidine groups is 1. The number of halogens is 1. The molecule has 2 heterocycles. The van der Waals surface area contributed by atoms with Crippen molar-refractivity contribution in [2.45, 2.75) is 19.2 Å². The number of alkyl carbamates (subject to hydrolysis) is 1. The lowest BCUT2D eigenvalue weighted by molar-refractivity contribution is 0.0976. The van der Waals surface area contributed by atoms with Gasteiger partial charge in [0, 0.05) is 35.1 Å². The first-order chi connectivity index (χ1) is 16.5. The number of aromatic nitrogens is 1. The van der Waals surface area contributed by atoms with Crippen LogP contribution in [-0.4, -0.2) is 35.4 Å². The van der Waals surface area contributed by atoms with Crippen molar-refractivity contribution in [3.05, 3.63) is 94.8 Å². The lowest BCUT2D eigenvalue weighted by atomic mass is 10.1. The quantitative estimate of drug-likeness (QED) is 0.500. The van der Waals surface area contributed by atoms with E-state index in [9.17, 15) is 9.59 Å². The number of hydrogen-bond donors (Lipinski definition) is 3. The second-order valence-electron chi connectivity index (χ2n) is 7.59. The summed E-state index contributed by atoms with van der Waals surface area (Å²) in [4.78, 5) is 28.5. The maximum atomic E-state index is 12.7. The minimum absolute atomic E-state index is 0.139. The molecule has 2 amide bonds. The maximum absolute atomic E-state index is 12.7. The number of nitrogens with zero attached hydrogens (tertiary/aromatic N) is 3. The molecule has 4 N–H and O–H groups in total. The van der Waals surface area contributed by atoms with E-state index in [1.807, 2.05) is 18.2 Å². The van der Waals surface area contributed by atoms with Crippen LogP contribution in [0.3, 0.4) is 0 Å². The van der Waals surface area contributed by atoms with E-state index < -0.39 is 12.1 Å². The Balaban J connectivity index is 1.27. The van der Waals surface area contributed by atoms with Gasteiger partial charge in [-0.15, -0.1) is 0 Å². The van der Waals surface area contributed by atoms with Crippen LogP contribution in [0.2, 0.25) is 5.02 Å². The Morgan fingerprint density at radius 1 is 1.09 bits per heavy atom. The molecule has 3 aromatic rings. The fraction of sp³-hybridized carbons (Fsp3) is 0.167. The molecule has 4 rings (SSSR count). The van der Waals surface area contributed by atoms with Crippen LogP contribution < -0.4 is 21.4 Å². The summed E-state index contributed by atoms with van der Waals surface area (Å²) < 4.78 is 5.15. The van der Waals surface area contributed by atoms with Crippen molar-refractivity contribution in [3.63, 3.8) is 0 Å². The van der Waals surface area contributed by atoms with Crippen molar-refractivity contribution in [3.8, 4) is 0 Å². The fourth-order valence-corrected chi connectivity index (χ4v) is 3.36. The van der Waals surface area contributed by atoms with Crippen molar-refractivity contribution in [1.29, 1.82) is 0 Å². The highest BCUT2D eigenvalue weighted by Gasteiger charge is 2.26. The summed E-state index contributed by atoms with van der Waals surface area (Å²) in [5.41, 5.74) is 9.05. The van der Waals surface area contributed by atoms with Gasteiger partial charge in [-0.05, 0) is 48.0 Å². The lowest BCUT2D eigenvalue weighted by Crippen LogP contribution is -2.43. The second kappa shape index (κ2) is 10.8. The molecule has 34 heavy (non-hydrogen) atoms. The number of rotatable bonds is 6. The van der Waals surface area contributed by atoms with Gasteiger partial charge in [-0.1, -0.05) is 29.8 Å². The number of amides is 2. The van der Waals surface area contributed by atoms with Crippen LogP contribution >= 0.6 is 11.6 Å². The molecule has 0 saturated carbocycles. The number of nitrogens with two attached hydrogens (primary N) is 1. The highest BCUT2D eigenvalue weighted by atomic mass is 35.5. The Morgan fingerprint density at radius 2 is 1.85 bits per heavy atom. The highest BCUT2D eigenvalue weighted by molar-refractivity contribution is 6.30. The monoisotopic (exact) mass is 478 g/mol. The zero-order chi connectivity index (χ0) is 23.9. The molecule has 0 aliphatic carbocycles. The van der Waals surface area contributed by atoms with Gasteiger partial charge in [0.05, 0.1) is 18.3 Å². The van der Waals surface area contributed by atoms with Crippen molar-refractivity contribution >= 4 is 35.1 Å². The van der Waals surface area contributed by atoms with Gasteiger partial charge < -0.3 is 21.1 Å². The number of carbonyl (C=O) groups is 2. The Bertz CT molecular complexity index is 1170. The topological polar surface area (TPSA) is 122 Å². The first kappa shape index (κ1) is 23.2. The van der Waals surface area contributed by atoms with Crippen molar-refractivity contribution in [2.24, 2.45) is 10.8 Å². The summed E-state index contributed by atoms with van der Waals surface area (Å²) in [5.74, 6) is 0.0737. The van der Waals surface area contributed by atoms with E-state index in [1.165, 1.54) is 0 Å². The van der Waals surface area contributed by atoms with Gasteiger partial charge in [0.25, 0.3) is 5.91 Å². The second-order valence-corrected chi connectivity index (χ2v) is 8.03. The molecule has 1 unspecified atom stereocenters. The largest absolute Gasteiger partial charge is 0.445 e. The Morgan fingerprint density at radius 3 is 2.56 bits per heavy atom. The number of hydrazone groups is 1. The van der Waals surface area contributed by atoms with Crippen LogP contribution in [0, 0.1) is 0 Å². The SMILES string of the molecule is NC1CN(c2ccc(Cl)cc2)N=C1NC(=O)c1ccc(CNC(=O)OCc2cccnc2)cc1. The lowest BCUT2D eigenvalue weighted by Gasteiger charge is -2.13. The number of benzene rings is 2. The zero-order valence-corrected chi connectivity index (χ0v) is 18.9. The van der Waals surface area contributed by atoms with E-state index in [1.54, 1.807) is 59.9 Å². The van der Waals surface area contributed by atoms with E-state index in [-0.39, 0.29) is 19.1 Å². The molecular weight excluding hydrogens is 456 g/mol. The molecule has 0 saturated heterocycles. The molecule has 0 fully saturated rings. The normalized spacial score (nSPS) is 14.9. The Labute approximate surface area is 201 Å². The third-order valence-electron chi connectivity index (χ3n) is 5.06. The van der Waals surface area contributed by atoms with E-state index in [4.69, 9.17) is 22.1 Å². The van der Waals surface area contributed by atoms with Gasteiger partial charge >= 0.3 is 6.09 Å². The van der Waals surface area contributed by atoms with Crippen molar-refractivity contribution in [2.75, 3.05) is 11.6 Å². The molecule has 10 heteroatoms. The van der Waals surface area contributed by atoms with Crippen LogP contribution in [-0.2, 0) is 17.9 Å². The van der Waals surface area contributed by atoms with E-state index >= 15 is 0 Å². The van der Waals surface area contributed by atoms with Crippen LogP contribution in [0.1, 0.15) is 21.5 Å². The standard InChI is InChI=1S/C24H23ClN6O3/c25-19-7-9-20(10-8-19)31-14-21(26)22(30-31)29-23(32)18-5-3-16(4-6-18)13-28-24(33)34-15-17-2-1-11-27-12-17/h1-12,21H,13-15,26H2,(H,28,33)(H,29,30,32). The first-order valence-electron chi connectivity index (χ1n) is 10.5. The Hall–Kier alpha value is -3.95. The van der Waals surface area contributed by atoms with Crippen LogP contribution in [0.15, 0.2) is 78.2 Å². The van der Waals surface area contributed by atoms with Gasteiger partial charge in [0.2, 0.25) is 0 Å². The first-order valence-corrected chi connectivity index (χ1v) is 10.9. The molecule has 1 aliphatic rings.